The number of nitrogens with zero attached hydrogens (tertiary/aromatic N) is 2. The molecule has 0 aromatic heterocycles. The molecule has 0 bridgehead atoms. The molecule has 0 atom stereocenters. The average Bonchev–Trinajstić information content (AvgIpc) is 3.10. The van der Waals surface area contributed by atoms with Crippen LogP contribution in [0.1, 0.15) is 22.8 Å². The van der Waals surface area contributed by atoms with Crippen molar-refractivity contribution in [1.82, 2.24) is 0 Å². The van der Waals surface area contributed by atoms with E-state index in [0.29, 0.717) is 33.7 Å². The van der Waals surface area contributed by atoms with Gasteiger partial charge in [0, 0.05) is 5.56 Å². The highest BCUT2D eigenvalue weighted by atomic mass is 32.2. The van der Waals surface area contributed by atoms with Gasteiger partial charge >= 0.3 is 5.97 Å². The lowest BCUT2D eigenvalue weighted by molar-refractivity contribution is -0.113. The number of carboxylic acids is 1. The summed E-state index contributed by atoms with van der Waals surface area (Å²) < 4.78 is 5.65. The third-order valence-corrected chi connectivity index (χ3v) is 5.61. The van der Waals surface area contributed by atoms with E-state index >= 15 is 0 Å². The number of hydrogen-bond donors (Lipinski definition) is 1. The fourth-order valence-electron chi connectivity index (χ4n) is 3.19. The predicted octanol–water partition coefficient (Wildman–Crippen LogP) is 5.59. The molecule has 0 unspecified atom stereocenters. The van der Waals surface area contributed by atoms with Crippen molar-refractivity contribution in [2.75, 3.05) is 11.5 Å². The number of aliphatic imine (C=N–C) groups is 1. The van der Waals surface area contributed by atoms with E-state index in [1.54, 1.807) is 17.0 Å². The molecule has 3 aromatic carbocycles. The number of ether oxygens (including phenoxy) is 1. The molecular formula is C25H20N2O4S. The number of thioether (sulfide) groups is 1. The van der Waals surface area contributed by atoms with Crippen molar-refractivity contribution in [2.24, 2.45) is 4.99 Å². The van der Waals surface area contributed by atoms with Crippen molar-refractivity contribution in [3.63, 3.8) is 0 Å². The number of carbonyl (C=O) groups excluding carboxylic acids is 1. The van der Waals surface area contributed by atoms with Gasteiger partial charge in [-0.2, -0.15) is 0 Å². The number of amidine groups is 1. The first-order valence-corrected chi connectivity index (χ1v) is 10.8. The molecule has 0 aliphatic carbocycles. The Bertz CT molecular complexity index is 1210. The number of benzene rings is 3. The van der Waals surface area contributed by atoms with Crippen LogP contribution in [0.3, 0.4) is 0 Å². The summed E-state index contributed by atoms with van der Waals surface area (Å²) in [5.74, 6) is -0.771. The summed E-state index contributed by atoms with van der Waals surface area (Å²) in [5.41, 5.74) is 2.07. The number of carboxylic acid groups (broad SMARTS) is 1. The Kier molecular flexibility index (Phi) is 6.37. The van der Waals surface area contributed by atoms with Crippen molar-refractivity contribution >= 4 is 46.3 Å². The van der Waals surface area contributed by atoms with E-state index in [2.05, 4.69) is 4.99 Å². The molecule has 1 aliphatic rings. The van der Waals surface area contributed by atoms with E-state index in [4.69, 9.17) is 4.74 Å². The lowest BCUT2D eigenvalue weighted by atomic mass is 10.1. The molecule has 4 rings (SSSR count). The minimum atomic E-state index is -1.05. The smallest absolute Gasteiger partial charge is 0.335 e. The second kappa shape index (κ2) is 9.53. The molecule has 1 saturated heterocycles. The van der Waals surface area contributed by atoms with Crippen LogP contribution in [0.2, 0.25) is 0 Å². The molecule has 0 saturated carbocycles. The average molecular weight is 445 g/mol. The van der Waals surface area contributed by atoms with E-state index in [0.717, 1.165) is 5.69 Å². The van der Waals surface area contributed by atoms with Crippen LogP contribution in [0.15, 0.2) is 88.8 Å². The molecule has 32 heavy (non-hydrogen) atoms. The Labute approximate surface area is 189 Å². The molecule has 1 aliphatic heterocycles. The standard InChI is InChI=1S/C25H20N2O4S/c1-2-31-21-14-13-17(24(29)30)15-18(21)16-22-23(28)27(20-11-7-4-8-12-20)25(32-22)26-19-9-5-3-6-10-19/h3-16H,2H2,1H3,(H,29,30). The van der Waals surface area contributed by atoms with Gasteiger partial charge in [-0.15, -0.1) is 0 Å². The van der Waals surface area contributed by atoms with Crippen molar-refractivity contribution in [1.29, 1.82) is 0 Å². The predicted molar refractivity (Wildman–Crippen MR) is 128 cm³/mol. The van der Waals surface area contributed by atoms with Gasteiger partial charge < -0.3 is 9.84 Å². The molecule has 3 aromatic rings. The van der Waals surface area contributed by atoms with E-state index in [1.165, 1.54) is 23.9 Å². The fourth-order valence-corrected chi connectivity index (χ4v) is 4.18. The maximum absolute atomic E-state index is 13.4. The maximum Gasteiger partial charge on any atom is 0.335 e. The third-order valence-electron chi connectivity index (χ3n) is 4.64. The van der Waals surface area contributed by atoms with E-state index in [1.807, 2.05) is 67.6 Å². The number of amides is 1. The zero-order chi connectivity index (χ0) is 22.5. The van der Waals surface area contributed by atoms with Gasteiger partial charge in [-0.25, -0.2) is 9.79 Å². The Balaban J connectivity index is 1.80. The summed E-state index contributed by atoms with van der Waals surface area (Å²) in [6.07, 6.45) is 1.66. The van der Waals surface area contributed by atoms with Crippen molar-refractivity contribution in [2.45, 2.75) is 6.92 Å². The SMILES string of the molecule is CCOc1ccc(C(=O)O)cc1C=C1SC(=Nc2ccccc2)N(c2ccccc2)C1=O. The highest BCUT2D eigenvalue weighted by Gasteiger charge is 2.35. The zero-order valence-corrected chi connectivity index (χ0v) is 18.1. The van der Waals surface area contributed by atoms with Crippen LogP contribution < -0.4 is 9.64 Å². The Morgan fingerprint density at radius 2 is 1.75 bits per heavy atom. The normalized spacial score (nSPS) is 16.0. The third kappa shape index (κ3) is 4.58. The number of hydrogen-bond acceptors (Lipinski definition) is 5. The molecule has 1 amide bonds. The largest absolute Gasteiger partial charge is 0.493 e. The summed E-state index contributed by atoms with van der Waals surface area (Å²) in [6, 6.07) is 23.3. The highest BCUT2D eigenvalue weighted by molar-refractivity contribution is 8.19. The number of anilines is 1. The van der Waals surface area contributed by atoms with E-state index in [-0.39, 0.29) is 11.5 Å². The molecule has 160 valence electrons. The van der Waals surface area contributed by atoms with Crippen LogP contribution >= 0.6 is 11.8 Å². The molecule has 1 N–H and O–H groups in total. The minimum absolute atomic E-state index is 0.119. The first-order chi connectivity index (χ1) is 15.6. The van der Waals surface area contributed by atoms with Gasteiger partial charge in [0.1, 0.15) is 5.75 Å². The van der Waals surface area contributed by atoms with Gasteiger partial charge in [0.2, 0.25) is 0 Å². The van der Waals surface area contributed by atoms with Gasteiger partial charge in [-0.1, -0.05) is 36.4 Å². The number of para-hydroxylation sites is 2. The summed E-state index contributed by atoms with van der Waals surface area (Å²) in [4.78, 5) is 31.5. The van der Waals surface area contributed by atoms with E-state index in [9.17, 15) is 14.7 Å². The summed E-state index contributed by atoms with van der Waals surface area (Å²) >= 11 is 1.24. The van der Waals surface area contributed by atoms with Gasteiger partial charge in [0.05, 0.1) is 28.5 Å². The van der Waals surface area contributed by atoms with Gasteiger partial charge in [0.25, 0.3) is 5.91 Å². The van der Waals surface area contributed by atoms with Crippen LogP contribution in [0.5, 0.6) is 5.75 Å². The molecule has 7 heteroatoms. The van der Waals surface area contributed by atoms with Crippen molar-refractivity contribution < 1.29 is 19.4 Å². The molecule has 0 radical (unpaired) electrons. The lowest BCUT2D eigenvalue weighted by Crippen LogP contribution is -2.28. The van der Waals surface area contributed by atoms with Crippen molar-refractivity contribution in [3.05, 3.63) is 94.9 Å². The van der Waals surface area contributed by atoms with E-state index < -0.39 is 5.97 Å². The molecule has 6 nitrogen and oxygen atoms in total. The van der Waals surface area contributed by atoms with Crippen molar-refractivity contribution in [3.8, 4) is 5.75 Å². The maximum atomic E-state index is 13.4. The van der Waals surface area contributed by atoms with Gasteiger partial charge in [0.15, 0.2) is 5.17 Å². The van der Waals surface area contributed by atoms with Crippen LogP contribution in [-0.2, 0) is 4.79 Å². The first kappa shape index (κ1) is 21.4. The molecule has 1 heterocycles. The summed E-state index contributed by atoms with van der Waals surface area (Å²) in [7, 11) is 0. The highest BCUT2D eigenvalue weighted by Crippen LogP contribution is 2.38. The van der Waals surface area contributed by atoms with Gasteiger partial charge in [-0.05, 0) is 67.2 Å². The molecule has 1 fully saturated rings. The first-order valence-electron chi connectivity index (χ1n) is 9.99. The molecular weight excluding hydrogens is 424 g/mol. The second-order valence-corrected chi connectivity index (χ2v) is 7.82. The Hall–Kier alpha value is -3.84. The van der Waals surface area contributed by atoms with Crippen LogP contribution in [-0.4, -0.2) is 28.8 Å². The monoisotopic (exact) mass is 444 g/mol. The Morgan fingerprint density at radius 3 is 2.41 bits per heavy atom. The molecule has 0 spiro atoms. The second-order valence-electron chi connectivity index (χ2n) is 6.81. The van der Waals surface area contributed by atoms with Crippen LogP contribution in [0.4, 0.5) is 11.4 Å². The lowest BCUT2D eigenvalue weighted by Gasteiger charge is -2.15. The number of rotatable bonds is 6. The fraction of sp³-hybridized carbons (Fsp3) is 0.0800. The summed E-state index contributed by atoms with van der Waals surface area (Å²) in [6.45, 7) is 2.26. The zero-order valence-electron chi connectivity index (χ0n) is 17.3. The Morgan fingerprint density at radius 1 is 1.06 bits per heavy atom. The summed E-state index contributed by atoms with van der Waals surface area (Å²) in [5, 5.41) is 9.90. The topological polar surface area (TPSA) is 79.2 Å². The number of aromatic carboxylic acids is 1. The van der Waals surface area contributed by atoms with Crippen LogP contribution in [0.25, 0.3) is 6.08 Å². The van der Waals surface area contributed by atoms with Gasteiger partial charge in [-0.3, -0.25) is 9.69 Å². The van der Waals surface area contributed by atoms with Crippen LogP contribution in [0, 0.1) is 0 Å². The quantitative estimate of drug-likeness (QED) is 0.501. The number of carbonyl (C=O) groups is 2. The minimum Gasteiger partial charge on any atom is -0.493 e.